The highest BCUT2D eigenvalue weighted by molar-refractivity contribution is 5.26. The zero-order valence-corrected chi connectivity index (χ0v) is 10.6. The van der Waals surface area contributed by atoms with Crippen LogP contribution in [-0.2, 0) is 15.9 Å². The van der Waals surface area contributed by atoms with Crippen LogP contribution in [0.4, 0.5) is 0 Å². The van der Waals surface area contributed by atoms with E-state index in [2.05, 4.69) is 24.5 Å². The first kappa shape index (κ1) is 14.1. The van der Waals surface area contributed by atoms with Crippen LogP contribution in [0.25, 0.3) is 0 Å². The summed E-state index contributed by atoms with van der Waals surface area (Å²) in [5, 5.41) is 0. The number of nitrogens with one attached hydrogen (secondary N) is 1. The zero-order valence-electron chi connectivity index (χ0n) is 10.6. The van der Waals surface area contributed by atoms with Crippen molar-refractivity contribution in [1.29, 1.82) is 0 Å². The molecule has 1 atom stereocenters. The van der Waals surface area contributed by atoms with Crippen LogP contribution in [0.1, 0.15) is 11.1 Å². The number of aryl methyl sites for hydroxylation is 1. The number of nitrogens with two attached hydrogens (primary N) is 1. The Morgan fingerprint density at radius 2 is 2.06 bits per heavy atom. The molecule has 0 aliphatic heterocycles. The molecule has 0 radical (unpaired) electrons. The van der Waals surface area contributed by atoms with Gasteiger partial charge in [-0.05, 0) is 24.5 Å². The average Bonchev–Trinajstić information content (AvgIpc) is 2.35. The minimum Gasteiger partial charge on any atom is -0.382 e. The Morgan fingerprint density at radius 3 is 2.71 bits per heavy atom. The third kappa shape index (κ3) is 5.28. The van der Waals surface area contributed by atoms with Crippen molar-refractivity contribution in [3.05, 3.63) is 35.4 Å². The maximum absolute atomic E-state index is 5.52. The third-order valence-corrected chi connectivity index (χ3v) is 2.71. The van der Waals surface area contributed by atoms with Gasteiger partial charge in [0.2, 0.25) is 0 Å². The summed E-state index contributed by atoms with van der Waals surface area (Å²) in [6, 6.07) is 8.44. The van der Waals surface area contributed by atoms with Crippen molar-refractivity contribution in [3.8, 4) is 0 Å². The van der Waals surface area contributed by atoms with Crippen molar-refractivity contribution in [2.24, 2.45) is 5.84 Å². The summed E-state index contributed by atoms with van der Waals surface area (Å²) in [4.78, 5) is 0. The number of hydrazine groups is 1. The van der Waals surface area contributed by atoms with Gasteiger partial charge in [0.1, 0.15) is 0 Å². The fourth-order valence-corrected chi connectivity index (χ4v) is 1.64. The molecule has 0 saturated carbocycles. The average molecular weight is 238 g/mol. The number of rotatable bonds is 8. The van der Waals surface area contributed by atoms with E-state index < -0.39 is 0 Å². The largest absolute Gasteiger partial charge is 0.382 e. The monoisotopic (exact) mass is 238 g/mol. The first-order chi connectivity index (χ1) is 8.27. The SMILES string of the molecule is COCCOCC(Cc1ccccc1C)NN. The predicted molar refractivity (Wildman–Crippen MR) is 68.7 cm³/mol. The smallest absolute Gasteiger partial charge is 0.0701 e. The van der Waals surface area contributed by atoms with Gasteiger partial charge in [-0.2, -0.15) is 0 Å². The van der Waals surface area contributed by atoms with E-state index in [0.717, 1.165) is 6.42 Å². The fourth-order valence-electron chi connectivity index (χ4n) is 1.64. The van der Waals surface area contributed by atoms with Crippen LogP contribution in [0.3, 0.4) is 0 Å². The van der Waals surface area contributed by atoms with Crippen LogP contribution >= 0.6 is 0 Å². The normalized spacial score (nSPS) is 12.6. The molecule has 1 unspecified atom stereocenters. The Hall–Kier alpha value is -0.940. The molecule has 0 spiro atoms. The Balaban J connectivity index is 2.38. The van der Waals surface area contributed by atoms with Gasteiger partial charge in [0.25, 0.3) is 0 Å². The topological polar surface area (TPSA) is 56.5 Å². The van der Waals surface area contributed by atoms with Crippen molar-refractivity contribution in [2.45, 2.75) is 19.4 Å². The molecule has 1 aromatic carbocycles. The molecule has 4 nitrogen and oxygen atoms in total. The highest BCUT2D eigenvalue weighted by atomic mass is 16.5. The second-order valence-electron chi connectivity index (χ2n) is 4.06. The van der Waals surface area contributed by atoms with Crippen molar-refractivity contribution in [1.82, 2.24) is 5.43 Å². The van der Waals surface area contributed by atoms with Crippen LogP contribution < -0.4 is 11.3 Å². The van der Waals surface area contributed by atoms with Gasteiger partial charge in [-0.15, -0.1) is 0 Å². The second-order valence-corrected chi connectivity index (χ2v) is 4.06. The van der Waals surface area contributed by atoms with Crippen molar-refractivity contribution in [3.63, 3.8) is 0 Å². The molecule has 1 rings (SSSR count). The highest BCUT2D eigenvalue weighted by Gasteiger charge is 2.09. The van der Waals surface area contributed by atoms with Crippen LogP contribution in [0.2, 0.25) is 0 Å². The minimum atomic E-state index is 0.132. The van der Waals surface area contributed by atoms with E-state index in [4.69, 9.17) is 15.3 Å². The Kier molecular flexibility index (Phi) is 6.81. The molecule has 17 heavy (non-hydrogen) atoms. The zero-order chi connectivity index (χ0) is 12.5. The molecule has 0 aliphatic rings. The van der Waals surface area contributed by atoms with Crippen molar-refractivity contribution in [2.75, 3.05) is 26.9 Å². The summed E-state index contributed by atoms with van der Waals surface area (Å²) in [6.45, 7) is 3.91. The number of hydrogen-bond acceptors (Lipinski definition) is 4. The molecule has 0 amide bonds. The quantitative estimate of drug-likeness (QED) is 0.403. The highest BCUT2D eigenvalue weighted by Crippen LogP contribution is 2.09. The number of ether oxygens (including phenoxy) is 2. The van der Waals surface area contributed by atoms with E-state index in [9.17, 15) is 0 Å². The maximum Gasteiger partial charge on any atom is 0.0701 e. The molecular weight excluding hydrogens is 216 g/mol. The van der Waals surface area contributed by atoms with Crippen LogP contribution in [0, 0.1) is 6.92 Å². The lowest BCUT2D eigenvalue weighted by molar-refractivity contribution is 0.0587. The third-order valence-electron chi connectivity index (χ3n) is 2.71. The summed E-state index contributed by atoms with van der Waals surface area (Å²) in [6.07, 6.45) is 0.871. The lowest BCUT2D eigenvalue weighted by Crippen LogP contribution is -2.40. The summed E-state index contributed by atoms with van der Waals surface area (Å²) in [5.74, 6) is 5.52. The Labute approximate surface area is 103 Å². The van der Waals surface area contributed by atoms with Crippen LogP contribution in [0.15, 0.2) is 24.3 Å². The van der Waals surface area contributed by atoms with E-state index in [1.807, 2.05) is 12.1 Å². The van der Waals surface area contributed by atoms with Gasteiger partial charge >= 0.3 is 0 Å². The predicted octanol–water partition coefficient (Wildman–Crippen LogP) is 1.03. The Bertz CT molecular complexity index is 318. The van der Waals surface area contributed by atoms with E-state index in [1.165, 1.54) is 11.1 Å². The molecule has 3 N–H and O–H groups in total. The second kappa shape index (κ2) is 8.20. The fraction of sp³-hybridized carbons (Fsp3) is 0.538. The van der Waals surface area contributed by atoms with Crippen LogP contribution in [-0.4, -0.2) is 33.0 Å². The molecule has 96 valence electrons. The first-order valence-electron chi connectivity index (χ1n) is 5.85. The van der Waals surface area contributed by atoms with Gasteiger partial charge in [-0.25, -0.2) is 0 Å². The molecule has 0 bridgehead atoms. The minimum absolute atomic E-state index is 0.132. The van der Waals surface area contributed by atoms with Crippen molar-refractivity contribution < 1.29 is 9.47 Å². The van der Waals surface area contributed by atoms with E-state index in [1.54, 1.807) is 7.11 Å². The standard InChI is InChI=1S/C13H22N2O2/c1-11-5-3-4-6-12(11)9-13(15-14)10-17-8-7-16-2/h3-6,13,15H,7-10,14H2,1-2H3. The van der Waals surface area contributed by atoms with Gasteiger partial charge in [0.05, 0.1) is 19.8 Å². The lowest BCUT2D eigenvalue weighted by Gasteiger charge is -2.17. The molecule has 1 aromatic rings. The molecule has 0 heterocycles. The summed E-state index contributed by atoms with van der Waals surface area (Å²) in [5.41, 5.74) is 5.37. The van der Waals surface area contributed by atoms with Crippen LogP contribution in [0.5, 0.6) is 0 Å². The molecule has 0 fully saturated rings. The van der Waals surface area contributed by atoms with Crippen molar-refractivity contribution >= 4 is 0 Å². The first-order valence-corrected chi connectivity index (χ1v) is 5.85. The van der Waals surface area contributed by atoms with E-state index in [-0.39, 0.29) is 6.04 Å². The maximum atomic E-state index is 5.52. The lowest BCUT2D eigenvalue weighted by atomic mass is 10.0. The number of benzene rings is 1. The van der Waals surface area contributed by atoms with Gasteiger partial charge in [0, 0.05) is 13.2 Å². The summed E-state index contributed by atoms with van der Waals surface area (Å²) < 4.78 is 10.4. The van der Waals surface area contributed by atoms with Gasteiger partial charge in [0.15, 0.2) is 0 Å². The van der Waals surface area contributed by atoms with E-state index >= 15 is 0 Å². The number of methoxy groups -OCH3 is 1. The van der Waals surface area contributed by atoms with Gasteiger partial charge in [-0.1, -0.05) is 24.3 Å². The molecular formula is C13H22N2O2. The van der Waals surface area contributed by atoms with Gasteiger partial charge in [-0.3, -0.25) is 11.3 Å². The summed E-state index contributed by atoms with van der Waals surface area (Å²) >= 11 is 0. The summed E-state index contributed by atoms with van der Waals surface area (Å²) in [7, 11) is 1.66. The number of hydrogen-bond donors (Lipinski definition) is 2. The van der Waals surface area contributed by atoms with E-state index in [0.29, 0.717) is 19.8 Å². The molecule has 0 aromatic heterocycles. The Morgan fingerprint density at radius 1 is 1.29 bits per heavy atom. The molecule has 0 saturated heterocycles. The van der Waals surface area contributed by atoms with Gasteiger partial charge < -0.3 is 9.47 Å². The molecule has 0 aliphatic carbocycles. The molecule has 4 heteroatoms.